The van der Waals surface area contributed by atoms with Crippen molar-refractivity contribution in [2.45, 2.75) is 19.3 Å². The van der Waals surface area contributed by atoms with E-state index in [2.05, 4.69) is 5.32 Å². The van der Waals surface area contributed by atoms with Crippen molar-refractivity contribution in [2.24, 2.45) is 0 Å². The Bertz CT molecular complexity index is 724. The van der Waals surface area contributed by atoms with Gasteiger partial charge in [0.05, 0.1) is 0 Å². The van der Waals surface area contributed by atoms with Crippen molar-refractivity contribution in [2.75, 3.05) is 6.54 Å². The molecule has 1 heterocycles. The van der Waals surface area contributed by atoms with Crippen LogP contribution in [-0.2, 0) is 27.5 Å². The molecule has 1 atom stereocenters. The number of hydrogen-bond donors (Lipinski definition) is 1. The van der Waals surface area contributed by atoms with Gasteiger partial charge in [-0.25, -0.2) is 9.59 Å². The maximum Gasteiger partial charge on any atom is 0.420 e. The third-order valence-electron chi connectivity index (χ3n) is 3.89. The van der Waals surface area contributed by atoms with Gasteiger partial charge in [-0.1, -0.05) is 60.7 Å². The van der Waals surface area contributed by atoms with Crippen molar-refractivity contribution in [3.8, 4) is 0 Å². The quantitative estimate of drug-likeness (QED) is 0.834. The lowest BCUT2D eigenvalue weighted by molar-refractivity contribution is -0.131. The molecule has 7 heteroatoms. The van der Waals surface area contributed by atoms with Crippen LogP contribution in [0.15, 0.2) is 60.7 Å². The highest BCUT2D eigenvalue weighted by Gasteiger charge is 2.42. The summed E-state index contributed by atoms with van der Waals surface area (Å²) in [5.74, 6) is -0.418. The number of β-lactam (4-membered cyclic amide) rings is 1. The van der Waals surface area contributed by atoms with E-state index in [1.54, 1.807) is 24.3 Å². The molecule has 1 fully saturated rings. The first-order chi connectivity index (χ1) is 12.6. The maximum atomic E-state index is 12.4. The topological polar surface area (TPSA) is 84.9 Å². The third kappa shape index (κ3) is 4.18. The summed E-state index contributed by atoms with van der Waals surface area (Å²) >= 11 is 0. The van der Waals surface area contributed by atoms with Crippen molar-refractivity contribution in [3.63, 3.8) is 0 Å². The SMILES string of the molecule is O=C1NCC1N(C(=O)OCc1ccccc1)C(=O)OCc1ccccc1. The minimum atomic E-state index is -0.915. The molecule has 3 amide bonds. The first-order valence-electron chi connectivity index (χ1n) is 8.13. The van der Waals surface area contributed by atoms with E-state index in [9.17, 15) is 14.4 Å². The number of ether oxygens (including phenoxy) is 2. The van der Waals surface area contributed by atoms with Gasteiger partial charge >= 0.3 is 12.2 Å². The zero-order valence-electron chi connectivity index (χ0n) is 14.0. The van der Waals surface area contributed by atoms with Gasteiger partial charge in [0.2, 0.25) is 5.91 Å². The average molecular weight is 354 g/mol. The van der Waals surface area contributed by atoms with Crippen molar-refractivity contribution in [1.29, 1.82) is 0 Å². The van der Waals surface area contributed by atoms with Gasteiger partial charge in [0.1, 0.15) is 19.3 Å². The monoisotopic (exact) mass is 354 g/mol. The van der Waals surface area contributed by atoms with Gasteiger partial charge in [0, 0.05) is 6.54 Å². The molecule has 7 nitrogen and oxygen atoms in total. The van der Waals surface area contributed by atoms with Crippen molar-refractivity contribution in [1.82, 2.24) is 10.2 Å². The zero-order valence-corrected chi connectivity index (χ0v) is 14.0. The van der Waals surface area contributed by atoms with Crippen LogP contribution in [-0.4, -0.2) is 35.6 Å². The van der Waals surface area contributed by atoms with Crippen LogP contribution in [0.25, 0.3) is 0 Å². The normalized spacial score (nSPS) is 15.4. The number of carbonyl (C=O) groups excluding carboxylic acids is 3. The minimum absolute atomic E-state index is 0.00349. The lowest BCUT2D eigenvalue weighted by Gasteiger charge is -2.33. The van der Waals surface area contributed by atoms with Crippen molar-refractivity contribution < 1.29 is 23.9 Å². The van der Waals surface area contributed by atoms with Gasteiger partial charge in [-0.05, 0) is 11.1 Å². The highest BCUT2D eigenvalue weighted by molar-refractivity contribution is 5.98. The zero-order chi connectivity index (χ0) is 18.4. The lowest BCUT2D eigenvalue weighted by atomic mass is 10.1. The van der Waals surface area contributed by atoms with E-state index in [1.807, 2.05) is 36.4 Å². The fourth-order valence-corrected chi connectivity index (χ4v) is 2.39. The molecule has 1 unspecified atom stereocenters. The number of hydrogen-bond acceptors (Lipinski definition) is 5. The number of nitrogens with one attached hydrogen (secondary N) is 1. The predicted molar refractivity (Wildman–Crippen MR) is 91.9 cm³/mol. The highest BCUT2D eigenvalue weighted by atomic mass is 16.6. The van der Waals surface area contributed by atoms with E-state index in [0.29, 0.717) is 0 Å². The van der Waals surface area contributed by atoms with Crippen LogP contribution in [0.1, 0.15) is 11.1 Å². The molecule has 3 rings (SSSR count). The summed E-state index contributed by atoms with van der Waals surface area (Å²) in [6.07, 6.45) is -1.82. The fourth-order valence-electron chi connectivity index (χ4n) is 2.39. The standard InChI is InChI=1S/C19H18N2O5/c22-17-16(11-20-17)21(18(23)25-12-14-7-3-1-4-8-14)19(24)26-13-15-9-5-2-6-10-15/h1-10,16H,11-13H2,(H,20,22). The van der Waals surface area contributed by atoms with Gasteiger partial charge in [0.15, 0.2) is 0 Å². The molecule has 0 spiro atoms. The first-order valence-corrected chi connectivity index (χ1v) is 8.13. The summed E-state index contributed by atoms with van der Waals surface area (Å²) in [5.41, 5.74) is 1.55. The predicted octanol–water partition coefficient (Wildman–Crippen LogP) is 2.46. The fraction of sp³-hybridized carbons (Fsp3) is 0.211. The van der Waals surface area contributed by atoms with Crippen LogP contribution in [0.5, 0.6) is 0 Å². The molecule has 0 aromatic heterocycles. The number of amides is 3. The summed E-state index contributed by atoms with van der Waals surface area (Å²) in [5, 5.41) is 2.50. The van der Waals surface area contributed by atoms with Gasteiger partial charge < -0.3 is 14.8 Å². The average Bonchev–Trinajstić information content (AvgIpc) is 2.68. The molecular formula is C19H18N2O5. The van der Waals surface area contributed by atoms with Gasteiger partial charge in [-0.15, -0.1) is 0 Å². The summed E-state index contributed by atoms with van der Waals surface area (Å²) in [6.45, 7) is 0.173. The molecule has 2 aromatic rings. The van der Waals surface area contributed by atoms with E-state index < -0.39 is 24.1 Å². The Kier molecular flexibility index (Phi) is 5.48. The summed E-state index contributed by atoms with van der Waals surface area (Å²) < 4.78 is 10.3. The largest absolute Gasteiger partial charge is 0.444 e. The van der Waals surface area contributed by atoms with Crippen LogP contribution < -0.4 is 5.32 Å². The third-order valence-corrected chi connectivity index (χ3v) is 3.89. The van der Waals surface area contributed by atoms with E-state index in [1.165, 1.54) is 0 Å². The Hall–Kier alpha value is -3.35. The molecular weight excluding hydrogens is 336 g/mol. The molecule has 1 aliphatic heterocycles. The molecule has 1 N–H and O–H groups in total. The van der Waals surface area contributed by atoms with Gasteiger partial charge in [-0.2, -0.15) is 4.90 Å². The molecule has 0 saturated carbocycles. The van der Waals surface area contributed by atoms with E-state index in [0.717, 1.165) is 16.0 Å². The minimum Gasteiger partial charge on any atom is -0.444 e. The Balaban J connectivity index is 1.63. The molecule has 2 aromatic carbocycles. The number of imide groups is 1. The summed E-state index contributed by atoms with van der Waals surface area (Å²) in [7, 11) is 0. The van der Waals surface area contributed by atoms with Crippen LogP contribution in [0.3, 0.4) is 0 Å². The maximum absolute atomic E-state index is 12.4. The van der Waals surface area contributed by atoms with Crippen LogP contribution in [0.2, 0.25) is 0 Å². The Labute approximate surface area is 150 Å². The first kappa shape index (κ1) is 17.5. The molecule has 0 aliphatic carbocycles. The molecule has 26 heavy (non-hydrogen) atoms. The second-order valence-corrected chi connectivity index (χ2v) is 5.71. The van der Waals surface area contributed by atoms with Crippen molar-refractivity contribution >= 4 is 18.1 Å². The van der Waals surface area contributed by atoms with E-state index in [-0.39, 0.29) is 19.8 Å². The second-order valence-electron chi connectivity index (χ2n) is 5.71. The molecule has 0 radical (unpaired) electrons. The number of carbonyl (C=O) groups is 3. The summed E-state index contributed by atoms with van der Waals surface area (Å²) in [4.78, 5) is 37.1. The number of benzene rings is 2. The van der Waals surface area contributed by atoms with Crippen LogP contribution >= 0.6 is 0 Å². The number of rotatable bonds is 5. The van der Waals surface area contributed by atoms with E-state index in [4.69, 9.17) is 9.47 Å². The number of nitrogens with zero attached hydrogens (tertiary/aromatic N) is 1. The van der Waals surface area contributed by atoms with Crippen LogP contribution in [0.4, 0.5) is 9.59 Å². The Morgan fingerprint density at radius 2 is 1.35 bits per heavy atom. The molecule has 134 valence electrons. The van der Waals surface area contributed by atoms with Crippen molar-refractivity contribution in [3.05, 3.63) is 71.8 Å². The van der Waals surface area contributed by atoms with Gasteiger partial charge in [0.25, 0.3) is 0 Å². The highest BCUT2D eigenvalue weighted by Crippen LogP contribution is 2.14. The van der Waals surface area contributed by atoms with E-state index >= 15 is 0 Å². The Morgan fingerprint density at radius 3 is 1.69 bits per heavy atom. The smallest absolute Gasteiger partial charge is 0.420 e. The lowest BCUT2D eigenvalue weighted by Crippen LogP contribution is -2.64. The molecule has 1 saturated heterocycles. The Morgan fingerprint density at radius 1 is 0.885 bits per heavy atom. The molecule has 0 bridgehead atoms. The molecule has 1 aliphatic rings. The second kappa shape index (κ2) is 8.15. The summed E-state index contributed by atoms with van der Waals surface area (Å²) in [6, 6.07) is 17.2. The van der Waals surface area contributed by atoms with Crippen LogP contribution in [0, 0.1) is 0 Å². The van der Waals surface area contributed by atoms with Gasteiger partial charge in [-0.3, -0.25) is 4.79 Å².